The molecule has 2 rings (SSSR count). The summed E-state index contributed by atoms with van der Waals surface area (Å²) in [7, 11) is 3.81. The molecule has 0 aliphatic carbocycles. The van der Waals surface area contributed by atoms with E-state index in [1.807, 2.05) is 18.8 Å². The lowest BCUT2D eigenvalue weighted by atomic mass is 10.1. The molecule has 2 N–H and O–H groups in total. The Balaban J connectivity index is 0.00000338. The van der Waals surface area contributed by atoms with Gasteiger partial charge in [-0.25, -0.2) is 0 Å². The lowest BCUT2D eigenvalue weighted by molar-refractivity contribution is 0.635. The van der Waals surface area contributed by atoms with Gasteiger partial charge in [0.25, 0.3) is 0 Å². The van der Waals surface area contributed by atoms with Crippen molar-refractivity contribution in [1.29, 1.82) is 0 Å². The number of rotatable bonds is 6. The summed E-state index contributed by atoms with van der Waals surface area (Å²) < 4.78 is 1.95. The van der Waals surface area contributed by atoms with Crippen LogP contribution in [0.25, 0.3) is 0 Å². The zero-order valence-corrected chi connectivity index (χ0v) is 19.1. The van der Waals surface area contributed by atoms with E-state index < -0.39 is 0 Å². The van der Waals surface area contributed by atoms with Gasteiger partial charge in [-0.15, -0.1) is 24.0 Å². The zero-order valence-electron chi connectivity index (χ0n) is 16.8. The van der Waals surface area contributed by atoms with Gasteiger partial charge in [0.2, 0.25) is 0 Å². The minimum absolute atomic E-state index is 0. The highest BCUT2D eigenvalue weighted by molar-refractivity contribution is 14.0. The Labute approximate surface area is 174 Å². The Kier molecular flexibility index (Phi) is 9.12. The fourth-order valence-electron chi connectivity index (χ4n) is 3.15. The van der Waals surface area contributed by atoms with Crippen LogP contribution >= 0.6 is 24.0 Å². The van der Waals surface area contributed by atoms with E-state index in [2.05, 4.69) is 72.7 Å². The van der Waals surface area contributed by atoms with Crippen LogP contribution in [-0.2, 0) is 26.4 Å². The second-order valence-electron chi connectivity index (χ2n) is 6.57. The standard InChI is InChI=1S/C20H31N5.HI/c1-7-17-10-8-9-11-18(17)13-22-20(21-5)23-14(2)12-19-15(3)24-25(6)16(19)4;/h8-11,14H,7,12-13H2,1-6H3,(H2,21,22,23);1H. The highest BCUT2D eigenvalue weighted by Crippen LogP contribution is 2.14. The number of guanidine groups is 1. The van der Waals surface area contributed by atoms with Crippen molar-refractivity contribution < 1.29 is 0 Å². The fourth-order valence-corrected chi connectivity index (χ4v) is 3.15. The van der Waals surface area contributed by atoms with Crippen molar-refractivity contribution in [2.24, 2.45) is 12.0 Å². The molecule has 144 valence electrons. The molecule has 6 heteroatoms. The summed E-state index contributed by atoms with van der Waals surface area (Å²) in [5.41, 5.74) is 6.34. The van der Waals surface area contributed by atoms with E-state index in [0.29, 0.717) is 0 Å². The van der Waals surface area contributed by atoms with E-state index >= 15 is 0 Å². The molecule has 1 atom stereocenters. The van der Waals surface area contributed by atoms with Crippen molar-refractivity contribution >= 4 is 29.9 Å². The van der Waals surface area contributed by atoms with Crippen LogP contribution in [0.15, 0.2) is 29.3 Å². The van der Waals surface area contributed by atoms with E-state index in [0.717, 1.165) is 31.0 Å². The number of benzene rings is 1. The Bertz CT molecular complexity index is 736. The third-order valence-corrected chi connectivity index (χ3v) is 4.72. The summed E-state index contributed by atoms with van der Waals surface area (Å²) >= 11 is 0. The normalized spacial score (nSPS) is 12.5. The average Bonchev–Trinajstić information content (AvgIpc) is 2.85. The first kappa shape index (κ1) is 22.5. The molecule has 1 unspecified atom stereocenters. The van der Waals surface area contributed by atoms with Crippen LogP contribution in [0.1, 0.15) is 41.9 Å². The number of nitrogens with zero attached hydrogens (tertiary/aromatic N) is 3. The van der Waals surface area contributed by atoms with Crippen LogP contribution in [-0.4, -0.2) is 28.8 Å². The molecule has 0 radical (unpaired) electrons. The Morgan fingerprint density at radius 1 is 1.23 bits per heavy atom. The minimum atomic E-state index is 0. The van der Waals surface area contributed by atoms with Crippen molar-refractivity contribution in [1.82, 2.24) is 20.4 Å². The van der Waals surface area contributed by atoms with Crippen molar-refractivity contribution in [3.8, 4) is 0 Å². The van der Waals surface area contributed by atoms with Gasteiger partial charge in [0.1, 0.15) is 0 Å². The monoisotopic (exact) mass is 469 g/mol. The first-order valence-corrected chi connectivity index (χ1v) is 8.99. The minimum Gasteiger partial charge on any atom is -0.354 e. The van der Waals surface area contributed by atoms with Gasteiger partial charge < -0.3 is 10.6 Å². The summed E-state index contributed by atoms with van der Waals surface area (Å²) in [6, 6.07) is 8.81. The van der Waals surface area contributed by atoms with Crippen LogP contribution in [0, 0.1) is 13.8 Å². The van der Waals surface area contributed by atoms with E-state index in [4.69, 9.17) is 0 Å². The maximum Gasteiger partial charge on any atom is 0.191 e. The molecule has 1 aromatic heterocycles. The largest absolute Gasteiger partial charge is 0.354 e. The molecule has 0 fully saturated rings. The van der Waals surface area contributed by atoms with Gasteiger partial charge in [-0.3, -0.25) is 9.67 Å². The van der Waals surface area contributed by atoms with Gasteiger partial charge >= 0.3 is 0 Å². The van der Waals surface area contributed by atoms with Gasteiger partial charge in [-0.1, -0.05) is 31.2 Å². The molecule has 0 saturated heterocycles. The number of nitrogens with one attached hydrogen (secondary N) is 2. The second kappa shape index (κ2) is 10.5. The Morgan fingerprint density at radius 2 is 1.88 bits per heavy atom. The lowest BCUT2D eigenvalue weighted by Gasteiger charge is -2.19. The molecule has 1 aromatic carbocycles. The second-order valence-corrected chi connectivity index (χ2v) is 6.57. The summed E-state index contributed by atoms with van der Waals surface area (Å²) in [4.78, 5) is 4.36. The molecular weight excluding hydrogens is 437 g/mol. The lowest BCUT2D eigenvalue weighted by Crippen LogP contribution is -2.42. The van der Waals surface area contributed by atoms with Gasteiger partial charge in [0, 0.05) is 32.4 Å². The predicted molar refractivity (Wildman–Crippen MR) is 120 cm³/mol. The van der Waals surface area contributed by atoms with Crippen LogP contribution in [0.2, 0.25) is 0 Å². The number of hydrogen-bond acceptors (Lipinski definition) is 2. The first-order valence-electron chi connectivity index (χ1n) is 8.99. The molecule has 5 nitrogen and oxygen atoms in total. The first-order chi connectivity index (χ1) is 12.0. The molecule has 0 spiro atoms. The van der Waals surface area contributed by atoms with Gasteiger partial charge in [-0.05, 0) is 50.3 Å². The van der Waals surface area contributed by atoms with Gasteiger partial charge in [0.05, 0.1) is 5.69 Å². The molecule has 0 amide bonds. The highest BCUT2D eigenvalue weighted by atomic mass is 127. The van der Waals surface area contributed by atoms with Crippen LogP contribution < -0.4 is 10.6 Å². The molecule has 0 aliphatic rings. The van der Waals surface area contributed by atoms with Gasteiger partial charge in [-0.2, -0.15) is 5.10 Å². The summed E-state index contributed by atoms with van der Waals surface area (Å²) in [6.07, 6.45) is 1.97. The average molecular weight is 469 g/mol. The molecule has 0 bridgehead atoms. The number of aromatic nitrogens is 2. The maximum atomic E-state index is 4.50. The topological polar surface area (TPSA) is 54.2 Å². The van der Waals surface area contributed by atoms with Crippen molar-refractivity contribution in [2.75, 3.05) is 7.05 Å². The molecule has 0 saturated carbocycles. The molecule has 26 heavy (non-hydrogen) atoms. The highest BCUT2D eigenvalue weighted by Gasteiger charge is 2.14. The van der Waals surface area contributed by atoms with Crippen molar-refractivity contribution in [3.05, 3.63) is 52.3 Å². The predicted octanol–water partition coefficient (Wildman–Crippen LogP) is 3.51. The zero-order chi connectivity index (χ0) is 18.4. The third kappa shape index (κ3) is 5.72. The fraction of sp³-hybridized carbons (Fsp3) is 0.500. The Morgan fingerprint density at radius 3 is 2.42 bits per heavy atom. The van der Waals surface area contributed by atoms with E-state index in [1.54, 1.807) is 0 Å². The van der Waals surface area contributed by atoms with Crippen LogP contribution in [0.3, 0.4) is 0 Å². The summed E-state index contributed by atoms with van der Waals surface area (Å²) in [5.74, 6) is 0.831. The Hall–Kier alpha value is -1.57. The number of aryl methyl sites for hydroxylation is 3. The van der Waals surface area contributed by atoms with Crippen LogP contribution in [0.5, 0.6) is 0 Å². The third-order valence-electron chi connectivity index (χ3n) is 4.72. The summed E-state index contributed by atoms with van der Waals surface area (Å²) in [6.45, 7) is 9.34. The summed E-state index contributed by atoms with van der Waals surface area (Å²) in [5, 5.41) is 11.4. The van der Waals surface area contributed by atoms with E-state index in [-0.39, 0.29) is 30.0 Å². The maximum absolute atomic E-state index is 4.50. The number of halogens is 1. The van der Waals surface area contributed by atoms with Crippen LogP contribution in [0.4, 0.5) is 0 Å². The van der Waals surface area contributed by atoms with Crippen molar-refractivity contribution in [3.63, 3.8) is 0 Å². The van der Waals surface area contributed by atoms with Gasteiger partial charge in [0.15, 0.2) is 5.96 Å². The smallest absolute Gasteiger partial charge is 0.191 e. The molecular formula is C20H32IN5. The quantitative estimate of drug-likeness (QED) is 0.387. The van der Waals surface area contributed by atoms with Crippen molar-refractivity contribution in [2.45, 2.75) is 53.1 Å². The molecule has 2 aromatic rings. The van der Waals surface area contributed by atoms with E-state index in [9.17, 15) is 0 Å². The molecule has 1 heterocycles. The molecule has 0 aliphatic heterocycles. The van der Waals surface area contributed by atoms with E-state index in [1.165, 1.54) is 22.4 Å². The SMILES string of the molecule is CCc1ccccc1CNC(=NC)NC(C)Cc1c(C)nn(C)c1C.I. The number of aliphatic imine (C=N–C) groups is 1. The number of hydrogen-bond donors (Lipinski definition) is 2.